The van der Waals surface area contributed by atoms with Crippen molar-refractivity contribution in [2.45, 2.75) is 12.5 Å². The summed E-state index contributed by atoms with van der Waals surface area (Å²) < 4.78 is 28.0. The number of aromatic nitrogens is 1. The van der Waals surface area contributed by atoms with Crippen molar-refractivity contribution in [3.8, 4) is 5.75 Å². The largest absolute Gasteiger partial charge is 0.497 e. The highest BCUT2D eigenvalue weighted by molar-refractivity contribution is 7.91. The number of benzene rings is 1. The fraction of sp³-hybridized carbons (Fsp3) is 0.278. The maximum Gasteiger partial charge on any atom is 0.274 e. The molecule has 8 nitrogen and oxygen atoms in total. The normalized spacial score (nSPS) is 17.9. The lowest BCUT2D eigenvalue weighted by atomic mass is 10.2. The fourth-order valence-corrected chi connectivity index (χ4v) is 4.42. The highest BCUT2D eigenvalue weighted by atomic mass is 32.2. The van der Waals surface area contributed by atoms with Gasteiger partial charge in [0.15, 0.2) is 9.84 Å². The van der Waals surface area contributed by atoms with Gasteiger partial charge in [-0.2, -0.15) is 0 Å². The molecule has 1 saturated heterocycles. The number of amides is 2. The Bertz CT molecular complexity index is 957. The second-order valence-corrected chi connectivity index (χ2v) is 8.41. The van der Waals surface area contributed by atoms with Crippen LogP contribution in [0.5, 0.6) is 5.75 Å². The van der Waals surface area contributed by atoms with E-state index in [0.717, 1.165) is 0 Å². The van der Waals surface area contributed by atoms with Crippen LogP contribution in [0.3, 0.4) is 0 Å². The number of pyridine rings is 1. The van der Waals surface area contributed by atoms with Gasteiger partial charge in [-0.3, -0.25) is 14.6 Å². The molecule has 0 saturated carbocycles. The molecule has 2 heterocycles. The molecule has 2 amide bonds. The molecule has 27 heavy (non-hydrogen) atoms. The van der Waals surface area contributed by atoms with E-state index in [0.29, 0.717) is 17.9 Å². The Morgan fingerprint density at radius 2 is 1.89 bits per heavy atom. The van der Waals surface area contributed by atoms with Crippen molar-refractivity contribution in [1.29, 1.82) is 0 Å². The van der Waals surface area contributed by atoms with Gasteiger partial charge in [-0.1, -0.05) is 0 Å². The summed E-state index contributed by atoms with van der Waals surface area (Å²) in [5.74, 6) is -0.215. The number of ether oxygens (including phenoxy) is 1. The van der Waals surface area contributed by atoms with Crippen molar-refractivity contribution in [2.75, 3.05) is 23.9 Å². The van der Waals surface area contributed by atoms with E-state index in [9.17, 15) is 18.0 Å². The van der Waals surface area contributed by atoms with Crippen molar-refractivity contribution in [1.82, 2.24) is 10.3 Å². The molecule has 1 unspecified atom stereocenters. The third-order valence-electron chi connectivity index (χ3n) is 4.17. The predicted octanol–water partition coefficient (Wildman–Crippen LogP) is 1.26. The Hall–Kier alpha value is -2.94. The molecule has 1 aromatic heterocycles. The Balaban J connectivity index is 1.67. The summed E-state index contributed by atoms with van der Waals surface area (Å²) in [5.41, 5.74) is 0.889. The number of carbonyl (C=O) groups is 2. The van der Waals surface area contributed by atoms with Crippen LogP contribution in [-0.2, 0) is 9.84 Å². The van der Waals surface area contributed by atoms with Crippen LogP contribution in [-0.4, -0.2) is 49.9 Å². The second kappa shape index (κ2) is 7.75. The van der Waals surface area contributed by atoms with Crippen LogP contribution >= 0.6 is 0 Å². The van der Waals surface area contributed by atoms with Gasteiger partial charge in [0.1, 0.15) is 11.4 Å². The molecule has 0 radical (unpaired) electrons. The third-order valence-corrected chi connectivity index (χ3v) is 5.94. The number of hydrogen-bond donors (Lipinski definition) is 2. The van der Waals surface area contributed by atoms with E-state index >= 15 is 0 Å². The Kier molecular flexibility index (Phi) is 5.41. The number of nitrogens with zero attached hydrogens (tertiary/aromatic N) is 1. The molecular weight excluding hydrogens is 370 g/mol. The summed E-state index contributed by atoms with van der Waals surface area (Å²) in [6.07, 6.45) is 1.76. The zero-order valence-electron chi connectivity index (χ0n) is 14.6. The standard InChI is InChI=1S/C18H19N3O5S/c1-26-15-4-2-13(3-5-15)20-18(23)16-10-12(6-8-19-16)17(22)21-14-7-9-27(24,25)11-14/h2-6,8,10,14H,7,9,11H2,1H3,(H,20,23)(H,21,22). The summed E-state index contributed by atoms with van der Waals surface area (Å²) in [6, 6.07) is 9.24. The van der Waals surface area contributed by atoms with Crippen LogP contribution in [0, 0.1) is 0 Å². The van der Waals surface area contributed by atoms with E-state index in [4.69, 9.17) is 4.74 Å². The summed E-state index contributed by atoms with van der Waals surface area (Å²) in [5, 5.41) is 5.38. The third kappa shape index (κ3) is 4.82. The first-order valence-corrected chi connectivity index (χ1v) is 10.1. The van der Waals surface area contributed by atoms with Gasteiger partial charge in [0.05, 0.1) is 18.6 Å². The van der Waals surface area contributed by atoms with Gasteiger partial charge in [-0.05, 0) is 42.8 Å². The number of hydrogen-bond acceptors (Lipinski definition) is 6. The van der Waals surface area contributed by atoms with E-state index in [-0.39, 0.29) is 22.8 Å². The number of anilines is 1. The Labute approximate surface area is 156 Å². The van der Waals surface area contributed by atoms with Crippen molar-refractivity contribution >= 4 is 27.3 Å². The first-order valence-electron chi connectivity index (χ1n) is 8.29. The maximum absolute atomic E-state index is 12.4. The molecule has 0 spiro atoms. The van der Waals surface area contributed by atoms with Crippen LogP contribution in [0.15, 0.2) is 42.6 Å². The Morgan fingerprint density at radius 1 is 1.15 bits per heavy atom. The zero-order valence-corrected chi connectivity index (χ0v) is 15.5. The van der Waals surface area contributed by atoms with Gasteiger partial charge in [0.2, 0.25) is 0 Å². The van der Waals surface area contributed by atoms with Crippen molar-refractivity contribution < 1.29 is 22.7 Å². The molecular formula is C18H19N3O5S. The summed E-state index contributed by atoms with van der Waals surface area (Å²) in [4.78, 5) is 28.7. The van der Waals surface area contributed by atoms with Crippen molar-refractivity contribution in [2.24, 2.45) is 0 Å². The van der Waals surface area contributed by atoms with Gasteiger partial charge >= 0.3 is 0 Å². The lowest BCUT2D eigenvalue weighted by Crippen LogP contribution is -2.35. The summed E-state index contributed by atoms with van der Waals surface area (Å²) in [6.45, 7) is 0. The van der Waals surface area contributed by atoms with Crippen LogP contribution in [0.25, 0.3) is 0 Å². The lowest BCUT2D eigenvalue weighted by Gasteiger charge is -2.11. The molecule has 1 aliphatic rings. The number of nitrogens with one attached hydrogen (secondary N) is 2. The van der Waals surface area contributed by atoms with E-state index in [2.05, 4.69) is 15.6 Å². The minimum absolute atomic E-state index is 0.0609. The summed E-state index contributed by atoms with van der Waals surface area (Å²) in [7, 11) is -1.53. The van der Waals surface area contributed by atoms with E-state index in [1.807, 2.05) is 0 Å². The lowest BCUT2D eigenvalue weighted by molar-refractivity contribution is 0.0941. The average molecular weight is 389 g/mol. The van der Waals surface area contributed by atoms with Crippen LogP contribution in [0.4, 0.5) is 5.69 Å². The van der Waals surface area contributed by atoms with Gasteiger partial charge in [0, 0.05) is 23.5 Å². The van der Waals surface area contributed by atoms with Crippen LogP contribution < -0.4 is 15.4 Å². The first kappa shape index (κ1) is 18.8. The molecule has 3 rings (SSSR count). The predicted molar refractivity (Wildman–Crippen MR) is 99.7 cm³/mol. The van der Waals surface area contributed by atoms with Gasteiger partial charge in [-0.25, -0.2) is 8.42 Å². The smallest absolute Gasteiger partial charge is 0.274 e. The molecule has 9 heteroatoms. The van der Waals surface area contributed by atoms with E-state index in [1.54, 1.807) is 31.4 Å². The van der Waals surface area contributed by atoms with Crippen LogP contribution in [0.2, 0.25) is 0 Å². The number of carbonyl (C=O) groups excluding carboxylic acids is 2. The van der Waals surface area contributed by atoms with E-state index < -0.39 is 27.7 Å². The molecule has 1 fully saturated rings. The molecule has 1 aliphatic heterocycles. The number of sulfone groups is 1. The SMILES string of the molecule is COc1ccc(NC(=O)c2cc(C(=O)NC3CCS(=O)(=O)C3)ccn2)cc1. The van der Waals surface area contributed by atoms with Crippen molar-refractivity contribution in [3.05, 3.63) is 53.9 Å². The topological polar surface area (TPSA) is 114 Å². The molecule has 0 bridgehead atoms. The first-order chi connectivity index (χ1) is 12.9. The zero-order chi connectivity index (χ0) is 19.4. The molecule has 1 atom stereocenters. The second-order valence-electron chi connectivity index (χ2n) is 6.19. The fourth-order valence-electron chi connectivity index (χ4n) is 2.74. The van der Waals surface area contributed by atoms with E-state index in [1.165, 1.54) is 18.3 Å². The molecule has 142 valence electrons. The monoisotopic (exact) mass is 389 g/mol. The summed E-state index contributed by atoms with van der Waals surface area (Å²) >= 11 is 0. The minimum Gasteiger partial charge on any atom is -0.497 e. The van der Waals surface area contributed by atoms with Crippen molar-refractivity contribution in [3.63, 3.8) is 0 Å². The van der Waals surface area contributed by atoms with Gasteiger partial charge in [0.25, 0.3) is 11.8 Å². The average Bonchev–Trinajstić information content (AvgIpc) is 3.00. The molecule has 0 aliphatic carbocycles. The number of methoxy groups -OCH3 is 1. The number of rotatable bonds is 5. The highest BCUT2D eigenvalue weighted by Gasteiger charge is 2.29. The maximum atomic E-state index is 12.4. The Morgan fingerprint density at radius 3 is 2.52 bits per heavy atom. The highest BCUT2D eigenvalue weighted by Crippen LogP contribution is 2.16. The quantitative estimate of drug-likeness (QED) is 0.796. The minimum atomic E-state index is -3.08. The molecule has 2 N–H and O–H groups in total. The molecule has 1 aromatic carbocycles. The molecule has 2 aromatic rings. The van der Waals surface area contributed by atoms with Gasteiger partial charge in [-0.15, -0.1) is 0 Å². The van der Waals surface area contributed by atoms with Gasteiger partial charge < -0.3 is 15.4 Å². The van der Waals surface area contributed by atoms with Crippen LogP contribution in [0.1, 0.15) is 27.3 Å².